The van der Waals surface area contributed by atoms with Crippen molar-refractivity contribution in [2.75, 3.05) is 19.6 Å². The fraction of sp³-hybridized carbons (Fsp3) is 0.714. The first-order valence-corrected chi connectivity index (χ1v) is 7.54. The van der Waals surface area contributed by atoms with Crippen LogP contribution in [-0.4, -0.2) is 36.6 Å². The lowest BCUT2D eigenvalue weighted by atomic mass is 10.1. The second-order valence-electron chi connectivity index (χ2n) is 5.07. The summed E-state index contributed by atoms with van der Waals surface area (Å²) >= 11 is 1.95. The van der Waals surface area contributed by atoms with Gasteiger partial charge in [-0.05, 0) is 38.8 Å². The fourth-order valence-electron chi connectivity index (χ4n) is 2.74. The Hall–Kier alpha value is -0.380. The second kappa shape index (κ2) is 5.98. The van der Waals surface area contributed by atoms with E-state index in [4.69, 9.17) is 0 Å². The normalized spacial score (nSPS) is 23.8. The molecule has 1 saturated heterocycles. The zero-order valence-corrected chi connectivity index (χ0v) is 12.0. The molecule has 1 aliphatic heterocycles. The maximum Gasteiger partial charge on any atom is 0.0221 e. The van der Waals surface area contributed by atoms with Gasteiger partial charge in [-0.3, -0.25) is 4.90 Å². The molecule has 1 fully saturated rings. The predicted molar refractivity (Wildman–Crippen MR) is 75.9 cm³/mol. The average Bonchev–Trinajstić information content (AvgIpc) is 2.74. The number of nitrogens with one attached hydrogen (secondary N) is 1. The third kappa shape index (κ3) is 3.30. The average molecular weight is 252 g/mol. The van der Waals surface area contributed by atoms with Crippen LogP contribution in [-0.2, 0) is 6.42 Å². The number of piperazine rings is 1. The van der Waals surface area contributed by atoms with Crippen LogP contribution in [0.25, 0.3) is 0 Å². The Morgan fingerprint density at radius 3 is 3.00 bits per heavy atom. The Morgan fingerprint density at radius 2 is 2.35 bits per heavy atom. The zero-order chi connectivity index (χ0) is 12.3. The van der Waals surface area contributed by atoms with Gasteiger partial charge in [-0.25, -0.2) is 0 Å². The van der Waals surface area contributed by atoms with Crippen LogP contribution >= 0.6 is 11.3 Å². The predicted octanol–water partition coefficient (Wildman–Crippen LogP) is 2.67. The van der Waals surface area contributed by atoms with Crippen molar-refractivity contribution in [1.29, 1.82) is 0 Å². The monoisotopic (exact) mass is 252 g/mol. The standard InChI is InChI=1S/C14H24N2S/c1-4-13-10-15-7-8-16(13)11(2)9-14-6-5-12(3)17-14/h5-6,11,13,15H,4,7-10H2,1-3H3. The molecule has 0 spiro atoms. The third-order valence-electron chi connectivity index (χ3n) is 3.73. The van der Waals surface area contributed by atoms with Crippen LogP contribution < -0.4 is 5.32 Å². The van der Waals surface area contributed by atoms with Crippen molar-refractivity contribution < 1.29 is 0 Å². The van der Waals surface area contributed by atoms with E-state index in [0.29, 0.717) is 6.04 Å². The van der Waals surface area contributed by atoms with Gasteiger partial charge in [0.1, 0.15) is 0 Å². The van der Waals surface area contributed by atoms with Gasteiger partial charge >= 0.3 is 0 Å². The van der Waals surface area contributed by atoms with Gasteiger partial charge in [0.25, 0.3) is 0 Å². The first-order valence-electron chi connectivity index (χ1n) is 6.72. The number of hydrogen-bond donors (Lipinski definition) is 1. The largest absolute Gasteiger partial charge is 0.314 e. The van der Waals surface area contributed by atoms with Crippen LogP contribution in [0, 0.1) is 6.92 Å². The molecule has 0 aromatic carbocycles. The highest BCUT2D eigenvalue weighted by Gasteiger charge is 2.25. The van der Waals surface area contributed by atoms with Crippen molar-refractivity contribution in [3.8, 4) is 0 Å². The van der Waals surface area contributed by atoms with Crippen LogP contribution in [0.3, 0.4) is 0 Å². The third-order valence-corrected chi connectivity index (χ3v) is 4.75. The summed E-state index contributed by atoms with van der Waals surface area (Å²) in [7, 11) is 0. The number of aryl methyl sites for hydroxylation is 1. The van der Waals surface area contributed by atoms with Crippen LogP contribution in [0.5, 0.6) is 0 Å². The molecule has 0 radical (unpaired) electrons. The number of hydrogen-bond acceptors (Lipinski definition) is 3. The zero-order valence-electron chi connectivity index (χ0n) is 11.2. The molecule has 2 unspecified atom stereocenters. The molecule has 2 rings (SSSR count). The van der Waals surface area contributed by atoms with Crippen LogP contribution in [0.2, 0.25) is 0 Å². The highest BCUT2D eigenvalue weighted by molar-refractivity contribution is 7.11. The molecule has 17 heavy (non-hydrogen) atoms. The van der Waals surface area contributed by atoms with Crippen LogP contribution in [0.15, 0.2) is 12.1 Å². The van der Waals surface area contributed by atoms with E-state index >= 15 is 0 Å². The van der Waals surface area contributed by atoms with Crippen molar-refractivity contribution in [1.82, 2.24) is 10.2 Å². The Morgan fingerprint density at radius 1 is 1.53 bits per heavy atom. The van der Waals surface area contributed by atoms with Gasteiger partial charge in [-0.1, -0.05) is 6.92 Å². The SMILES string of the molecule is CCC1CNCCN1C(C)Cc1ccc(C)s1. The van der Waals surface area contributed by atoms with Crippen molar-refractivity contribution in [2.24, 2.45) is 0 Å². The first kappa shape index (κ1) is 13.1. The molecule has 1 N–H and O–H groups in total. The Balaban J connectivity index is 1.95. The summed E-state index contributed by atoms with van der Waals surface area (Å²) < 4.78 is 0. The van der Waals surface area contributed by atoms with Gasteiger partial charge in [0.05, 0.1) is 0 Å². The maximum atomic E-state index is 3.50. The van der Waals surface area contributed by atoms with Crippen molar-refractivity contribution >= 4 is 11.3 Å². The van der Waals surface area contributed by atoms with Gasteiger partial charge in [0.2, 0.25) is 0 Å². The van der Waals surface area contributed by atoms with Gasteiger partial charge in [-0.2, -0.15) is 0 Å². The summed E-state index contributed by atoms with van der Waals surface area (Å²) in [5.41, 5.74) is 0. The molecule has 2 atom stereocenters. The number of rotatable bonds is 4. The summed E-state index contributed by atoms with van der Waals surface area (Å²) in [6.07, 6.45) is 2.45. The number of nitrogens with zero attached hydrogens (tertiary/aromatic N) is 1. The Labute approximate surface area is 109 Å². The number of thiophene rings is 1. The minimum Gasteiger partial charge on any atom is -0.314 e. The van der Waals surface area contributed by atoms with E-state index in [1.54, 1.807) is 0 Å². The smallest absolute Gasteiger partial charge is 0.0221 e. The highest BCUT2D eigenvalue weighted by atomic mass is 32.1. The first-order chi connectivity index (χ1) is 8.20. The van der Waals surface area contributed by atoms with Crippen molar-refractivity contribution in [3.05, 3.63) is 21.9 Å². The van der Waals surface area contributed by atoms with E-state index in [9.17, 15) is 0 Å². The second-order valence-corrected chi connectivity index (χ2v) is 6.44. The minimum atomic E-state index is 0.667. The molecule has 1 aromatic rings. The fourth-order valence-corrected chi connectivity index (χ4v) is 3.75. The van der Waals surface area contributed by atoms with Crippen LogP contribution in [0.4, 0.5) is 0 Å². The van der Waals surface area contributed by atoms with E-state index in [1.165, 1.54) is 29.1 Å². The molecule has 0 bridgehead atoms. The van der Waals surface area contributed by atoms with E-state index < -0.39 is 0 Å². The summed E-state index contributed by atoms with van der Waals surface area (Å²) in [6.45, 7) is 10.4. The molecule has 0 amide bonds. The summed E-state index contributed by atoms with van der Waals surface area (Å²) in [5, 5.41) is 3.50. The van der Waals surface area contributed by atoms with Gasteiger partial charge in [0, 0.05) is 41.5 Å². The molecule has 0 aliphatic carbocycles. The Kier molecular flexibility index (Phi) is 4.60. The van der Waals surface area contributed by atoms with E-state index in [0.717, 1.165) is 19.1 Å². The molecule has 3 heteroatoms. The molecule has 2 heterocycles. The Bertz CT molecular complexity index is 348. The lowest BCUT2D eigenvalue weighted by molar-refractivity contribution is 0.112. The van der Waals surface area contributed by atoms with Gasteiger partial charge < -0.3 is 5.32 Å². The van der Waals surface area contributed by atoms with Crippen molar-refractivity contribution in [2.45, 2.75) is 45.7 Å². The van der Waals surface area contributed by atoms with E-state index in [2.05, 4.69) is 43.1 Å². The highest BCUT2D eigenvalue weighted by Crippen LogP contribution is 2.20. The van der Waals surface area contributed by atoms with E-state index in [-0.39, 0.29) is 0 Å². The van der Waals surface area contributed by atoms with Gasteiger partial charge in [0.15, 0.2) is 0 Å². The topological polar surface area (TPSA) is 15.3 Å². The molecule has 0 saturated carbocycles. The maximum absolute atomic E-state index is 3.50. The van der Waals surface area contributed by atoms with Gasteiger partial charge in [-0.15, -0.1) is 11.3 Å². The summed E-state index contributed by atoms with van der Waals surface area (Å²) in [4.78, 5) is 5.65. The molecular weight excluding hydrogens is 228 g/mol. The molecule has 1 aromatic heterocycles. The van der Waals surface area contributed by atoms with Crippen molar-refractivity contribution in [3.63, 3.8) is 0 Å². The quantitative estimate of drug-likeness (QED) is 0.886. The van der Waals surface area contributed by atoms with Crippen LogP contribution in [0.1, 0.15) is 30.0 Å². The lowest BCUT2D eigenvalue weighted by Gasteiger charge is -2.39. The summed E-state index contributed by atoms with van der Waals surface area (Å²) in [6, 6.07) is 5.92. The molecular formula is C14H24N2S. The minimum absolute atomic E-state index is 0.667. The molecule has 1 aliphatic rings. The summed E-state index contributed by atoms with van der Waals surface area (Å²) in [5.74, 6) is 0. The lowest BCUT2D eigenvalue weighted by Crippen LogP contribution is -2.54. The molecule has 96 valence electrons. The van der Waals surface area contributed by atoms with E-state index in [1.807, 2.05) is 11.3 Å². The molecule has 2 nitrogen and oxygen atoms in total.